The van der Waals surface area contributed by atoms with Crippen LogP contribution in [0.5, 0.6) is 0 Å². The van der Waals surface area contributed by atoms with E-state index in [1.807, 2.05) is 19.1 Å². The number of nitrogens with one attached hydrogen (secondary N) is 1. The Hall–Kier alpha value is -3.03. The quantitative estimate of drug-likeness (QED) is 0.643. The van der Waals surface area contributed by atoms with E-state index in [0.717, 1.165) is 18.0 Å². The average Bonchev–Trinajstić information content (AvgIpc) is 2.45. The Balaban J connectivity index is 2.13. The Morgan fingerprint density at radius 2 is 2.24 bits per heavy atom. The lowest BCUT2D eigenvalue weighted by atomic mass is 10.2. The molecule has 2 aromatic heterocycles. The maximum atomic E-state index is 12.0. The number of nitrogen functional groups attached to an aromatic ring is 1. The number of carbonyl (C=O) groups excluding carboxylic acids is 1. The second-order valence-electron chi connectivity index (χ2n) is 4.34. The molecule has 0 saturated carbocycles. The number of hydrogen-bond donors (Lipinski definition) is 2. The van der Waals surface area contributed by atoms with Crippen molar-refractivity contribution in [1.82, 2.24) is 15.3 Å². The number of nitro groups is 1. The molecular formula is C13H13N5O3. The average molecular weight is 287 g/mol. The zero-order valence-electron chi connectivity index (χ0n) is 11.2. The van der Waals surface area contributed by atoms with E-state index in [4.69, 9.17) is 5.73 Å². The van der Waals surface area contributed by atoms with Crippen LogP contribution in [-0.4, -0.2) is 20.8 Å². The number of hydrogen-bond acceptors (Lipinski definition) is 6. The fraction of sp³-hybridized carbons (Fsp3) is 0.154. The van der Waals surface area contributed by atoms with E-state index in [1.54, 1.807) is 6.07 Å². The van der Waals surface area contributed by atoms with E-state index < -0.39 is 10.8 Å². The standard InChI is InChI=1S/C13H13N5O3/c1-8-3-2-4-9(17-8)6-16-13(19)11-5-10(18(20)21)7-15-12(11)14/h2-5,7H,6H2,1H3,(H2,14,15)(H,16,19). The molecule has 8 heteroatoms. The van der Waals surface area contributed by atoms with Crippen molar-refractivity contribution in [2.45, 2.75) is 13.5 Å². The third kappa shape index (κ3) is 3.50. The van der Waals surface area contributed by atoms with Crippen LogP contribution in [0, 0.1) is 17.0 Å². The highest BCUT2D eigenvalue weighted by Gasteiger charge is 2.16. The number of aromatic nitrogens is 2. The van der Waals surface area contributed by atoms with Gasteiger partial charge in [0.05, 0.1) is 22.7 Å². The molecule has 21 heavy (non-hydrogen) atoms. The van der Waals surface area contributed by atoms with Crippen molar-refractivity contribution in [3.63, 3.8) is 0 Å². The highest BCUT2D eigenvalue weighted by atomic mass is 16.6. The zero-order valence-corrected chi connectivity index (χ0v) is 11.2. The Morgan fingerprint density at radius 3 is 2.90 bits per heavy atom. The third-order valence-corrected chi connectivity index (χ3v) is 2.74. The fourth-order valence-electron chi connectivity index (χ4n) is 1.71. The van der Waals surface area contributed by atoms with Gasteiger partial charge >= 0.3 is 0 Å². The molecule has 0 radical (unpaired) electrons. The third-order valence-electron chi connectivity index (χ3n) is 2.74. The Labute approximate surface area is 120 Å². The molecular weight excluding hydrogens is 274 g/mol. The summed E-state index contributed by atoms with van der Waals surface area (Å²) in [6.45, 7) is 2.04. The van der Waals surface area contributed by atoms with Crippen LogP contribution >= 0.6 is 0 Å². The second kappa shape index (κ2) is 5.95. The predicted octanol–water partition coefficient (Wildman–Crippen LogP) is 1.21. The van der Waals surface area contributed by atoms with Crippen LogP contribution in [-0.2, 0) is 6.54 Å². The summed E-state index contributed by atoms with van der Waals surface area (Å²) in [5.74, 6) is -0.595. The molecule has 0 aliphatic heterocycles. The molecule has 0 atom stereocenters. The molecule has 108 valence electrons. The van der Waals surface area contributed by atoms with Gasteiger partial charge < -0.3 is 11.1 Å². The summed E-state index contributed by atoms with van der Waals surface area (Å²) in [5.41, 5.74) is 6.77. The molecule has 2 rings (SSSR count). The summed E-state index contributed by atoms with van der Waals surface area (Å²) < 4.78 is 0. The lowest BCUT2D eigenvalue weighted by Gasteiger charge is -2.07. The number of nitrogens with zero attached hydrogens (tertiary/aromatic N) is 3. The first-order valence-electron chi connectivity index (χ1n) is 6.08. The normalized spacial score (nSPS) is 10.1. The number of rotatable bonds is 4. The van der Waals surface area contributed by atoms with Gasteiger partial charge in [-0.3, -0.25) is 19.9 Å². The fourth-order valence-corrected chi connectivity index (χ4v) is 1.71. The van der Waals surface area contributed by atoms with Crippen molar-refractivity contribution in [2.75, 3.05) is 5.73 Å². The number of nitrogens with two attached hydrogens (primary N) is 1. The van der Waals surface area contributed by atoms with Crippen molar-refractivity contribution in [1.29, 1.82) is 0 Å². The van der Waals surface area contributed by atoms with E-state index in [0.29, 0.717) is 5.69 Å². The van der Waals surface area contributed by atoms with Crippen molar-refractivity contribution in [2.24, 2.45) is 0 Å². The number of anilines is 1. The minimum atomic E-state index is -0.634. The number of amides is 1. The smallest absolute Gasteiger partial charge is 0.288 e. The number of carbonyl (C=O) groups is 1. The summed E-state index contributed by atoms with van der Waals surface area (Å²) in [5, 5.41) is 13.3. The largest absolute Gasteiger partial charge is 0.383 e. The van der Waals surface area contributed by atoms with Gasteiger partial charge in [0.25, 0.3) is 11.6 Å². The molecule has 1 amide bonds. The highest BCUT2D eigenvalue weighted by molar-refractivity contribution is 5.98. The van der Waals surface area contributed by atoms with E-state index in [1.165, 1.54) is 0 Å². The van der Waals surface area contributed by atoms with Gasteiger partial charge in [-0.1, -0.05) is 6.07 Å². The monoisotopic (exact) mass is 287 g/mol. The number of aryl methyl sites for hydroxylation is 1. The van der Waals surface area contributed by atoms with Crippen molar-refractivity contribution in [3.05, 3.63) is 57.5 Å². The van der Waals surface area contributed by atoms with Crippen LogP contribution in [0.15, 0.2) is 30.5 Å². The van der Waals surface area contributed by atoms with Gasteiger partial charge in [-0.15, -0.1) is 0 Å². The minimum absolute atomic E-state index is 0.0307. The summed E-state index contributed by atoms with van der Waals surface area (Å²) in [4.78, 5) is 30.0. The van der Waals surface area contributed by atoms with Gasteiger partial charge in [0.15, 0.2) is 0 Å². The summed E-state index contributed by atoms with van der Waals surface area (Å²) >= 11 is 0. The molecule has 0 aliphatic carbocycles. The van der Waals surface area contributed by atoms with Crippen LogP contribution in [0.1, 0.15) is 21.7 Å². The van der Waals surface area contributed by atoms with Gasteiger partial charge in [0.1, 0.15) is 12.0 Å². The van der Waals surface area contributed by atoms with Gasteiger partial charge in [-0.25, -0.2) is 4.98 Å². The minimum Gasteiger partial charge on any atom is -0.383 e. The lowest BCUT2D eigenvalue weighted by Crippen LogP contribution is -2.24. The molecule has 3 N–H and O–H groups in total. The molecule has 0 spiro atoms. The maximum absolute atomic E-state index is 12.0. The van der Waals surface area contributed by atoms with Crippen LogP contribution in [0.3, 0.4) is 0 Å². The molecule has 0 aromatic carbocycles. The number of pyridine rings is 2. The summed E-state index contributed by atoms with van der Waals surface area (Å²) in [6.07, 6.45) is 1.01. The first-order chi connectivity index (χ1) is 9.97. The SMILES string of the molecule is Cc1cccc(CNC(=O)c2cc([N+](=O)[O-])cnc2N)n1. The molecule has 2 aromatic rings. The Kier molecular flexibility index (Phi) is 4.07. The molecule has 0 aliphatic rings. The molecule has 0 bridgehead atoms. The van der Waals surface area contributed by atoms with Gasteiger partial charge in [0, 0.05) is 11.8 Å². The van der Waals surface area contributed by atoms with Crippen LogP contribution in [0.4, 0.5) is 11.5 Å². The van der Waals surface area contributed by atoms with Gasteiger partial charge in [0.2, 0.25) is 0 Å². The van der Waals surface area contributed by atoms with Crippen LogP contribution in [0.2, 0.25) is 0 Å². The van der Waals surface area contributed by atoms with Crippen molar-refractivity contribution in [3.8, 4) is 0 Å². The first kappa shape index (κ1) is 14.4. The lowest BCUT2D eigenvalue weighted by molar-refractivity contribution is -0.385. The molecule has 2 heterocycles. The van der Waals surface area contributed by atoms with Gasteiger partial charge in [-0.2, -0.15) is 0 Å². The van der Waals surface area contributed by atoms with E-state index in [9.17, 15) is 14.9 Å². The topological polar surface area (TPSA) is 124 Å². The van der Waals surface area contributed by atoms with Crippen molar-refractivity contribution < 1.29 is 9.72 Å². The molecule has 0 saturated heterocycles. The van der Waals surface area contributed by atoms with Crippen molar-refractivity contribution >= 4 is 17.4 Å². The van der Waals surface area contributed by atoms with E-state index in [2.05, 4.69) is 15.3 Å². The Bertz CT molecular complexity index is 702. The summed E-state index contributed by atoms with van der Waals surface area (Å²) in [7, 11) is 0. The predicted molar refractivity (Wildman–Crippen MR) is 75.4 cm³/mol. The molecule has 0 fully saturated rings. The summed E-state index contributed by atoms with van der Waals surface area (Å²) in [6, 6.07) is 6.53. The van der Waals surface area contributed by atoms with E-state index >= 15 is 0 Å². The molecule has 8 nitrogen and oxygen atoms in total. The van der Waals surface area contributed by atoms with Gasteiger partial charge in [-0.05, 0) is 19.1 Å². The maximum Gasteiger partial charge on any atom is 0.288 e. The molecule has 0 unspecified atom stereocenters. The first-order valence-corrected chi connectivity index (χ1v) is 6.08. The van der Waals surface area contributed by atoms with Crippen LogP contribution in [0.25, 0.3) is 0 Å². The van der Waals surface area contributed by atoms with E-state index in [-0.39, 0.29) is 23.6 Å². The Morgan fingerprint density at radius 1 is 1.48 bits per heavy atom. The second-order valence-corrected chi connectivity index (χ2v) is 4.34. The highest BCUT2D eigenvalue weighted by Crippen LogP contribution is 2.16. The zero-order chi connectivity index (χ0) is 15.4. The van der Waals surface area contributed by atoms with Crippen LogP contribution < -0.4 is 11.1 Å².